The molecular weight excluding hydrogens is 358 g/mol. The molecule has 2 aromatic heterocycles. The van der Waals surface area contributed by atoms with E-state index in [0.29, 0.717) is 15.5 Å². The van der Waals surface area contributed by atoms with Crippen LogP contribution in [0.5, 0.6) is 0 Å². The van der Waals surface area contributed by atoms with E-state index in [2.05, 4.69) is 15.8 Å². The van der Waals surface area contributed by atoms with Crippen LogP contribution >= 0.6 is 22.9 Å². The number of hydrogen-bond acceptors (Lipinski definition) is 3. The molecule has 2 heterocycles. The Bertz CT molecular complexity index is 1120. The highest BCUT2D eigenvalue weighted by atomic mass is 35.5. The number of nitrogens with one attached hydrogen (secondary N) is 3. The molecule has 2 aromatic carbocycles. The van der Waals surface area contributed by atoms with Gasteiger partial charge in [-0.15, -0.1) is 11.3 Å². The van der Waals surface area contributed by atoms with Gasteiger partial charge in [-0.2, -0.15) is 0 Å². The van der Waals surface area contributed by atoms with E-state index in [9.17, 15) is 9.59 Å². The molecule has 0 aliphatic rings. The van der Waals surface area contributed by atoms with Crippen LogP contribution in [0.3, 0.4) is 0 Å². The predicted molar refractivity (Wildman–Crippen MR) is 100 cm³/mol. The highest BCUT2D eigenvalue weighted by Gasteiger charge is 2.18. The summed E-state index contributed by atoms with van der Waals surface area (Å²) < 4.78 is 0.917. The maximum Gasteiger partial charge on any atom is 0.281 e. The van der Waals surface area contributed by atoms with Gasteiger partial charge in [-0.3, -0.25) is 20.4 Å². The van der Waals surface area contributed by atoms with Gasteiger partial charge in [0.1, 0.15) is 4.88 Å². The van der Waals surface area contributed by atoms with E-state index in [4.69, 9.17) is 11.6 Å². The number of halogens is 1. The lowest BCUT2D eigenvalue weighted by Gasteiger charge is -2.06. The monoisotopic (exact) mass is 369 g/mol. The summed E-state index contributed by atoms with van der Waals surface area (Å²) in [6.07, 6.45) is 1.61. The first-order chi connectivity index (χ1) is 12.1. The molecule has 0 spiro atoms. The van der Waals surface area contributed by atoms with Gasteiger partial charge in [0.05, 0.1) is 10.6 Å². The molecule has 3 N–H and O–H groups in total. The van der Waals surface area contributed by atoms with Crippen molar-refractivity contribution >= 4 is 55.7 Å². The molecule has 0 aliphatic carbocycles. The van der Waals surface area contributed by atoms with Crippen LogP contribution in [0.15, 0.2) is 54.7 Å². The maximum absolute atomic E-state index is 12.4. The van der Waals surface area contributed by atoms with Gasteiger partial charge in [0.2, 0.25) is 0 Å². The molecule has 2 amide bonds. The summed E-state index contributed by atoms with van der Waals surface area (Å²) in [7, 11) is 0. The highest BCUT2D eigenvalue weighted by molar-refractivity contribution is 7.21. The van der Waals surface area contributed by atoms with Crippen molar-refractivity contribution in [3.05, 3.63) is 70.2 Å². The second-order valence-electron chi connectivity index (χ2n) is 5.40. The van der Waals surface area contributed by atoms with Crippen LogP contribution in [0.2, 0.25) is 5.02 Å². The van der Waals surface area contributed by atoms with Gasteiger partial charge in [0, 0.05) is 27.2 Å². The lowest BCUT2D eigenvalue weighted by atomic mass is 10.2. The quantitative estimate of drug-likeness (QED) is 0.465. The van der Waals surface area contributed by atoms with Gasteiger partial charge < -0.3 is 4.98 Å². The molecule has 0 atom stereocenters. The summed E-state index contributed by atoms with van der Waals surface area (Å²) in [6.45, 7) is 0. The minimum Gasteiger partial charge on any atom is -0.360 e. The number of carbonyl (C=O) groups is 2. The van der Waals surface area contributed by atoms with Crippen LogP contribution < -0.4 is 10.9 Å². The second kappa shape index (κ2) is 6.23. The van der Waals surface area contributed by atoms with Crippen molar-refractivity contribution in [3.63, 3.8) is 0 Å². The Morgan fingerprint density at radius 2 is 1.60 bits per heavy atom. The zero-order valence-electron chi connectivity index (χ0n) is 12.8. The molecule has 7 heteroatoms. The first kappa shape index (κ1) is 15.7. The number of fused-ring (bicyclic) bond motifs is 2. The van der Waals surface area contributed by atoms with Crippen molar-refractivity contribution in [2.45, 2.75) is 0 Å². The zero-order valence-corrected chi connectivity index (χ0v) is 14.4. The van der Waals surface area contributed by atoms with E-state index >= 15 is 0 Å². The van der Waals surface area contributed by atoms with Gasteiger partial charge in [-0.05, 0) is 12.1 Å². The molecule has 124 valence electrons. The first-order valence-electron chi connectivity index (χ1n) is 7.49. The minimum atomic E-state index is -0.445. The number of aromatic nitrogens is 1. The SMILES string of the molecule is O=C(NNC(=O)c1c[nH]c2ccccc12)c1sc2ccccc2c1Cl. The Morgan fingerprint density at radius 3 is 2.40 bits per heavy atom. The Kier molecular flexibility index (Phi) is 3.91. The van der Waals surface area contributed by atoms with E-state index in [0.717, 1.165) is 21.0 Å². The van der Waals surface area contributed by atoms with Gasteiger partial charge in [-0.25, -0.2) is 0 Å². The molecule has 5 nitrogen and oxygen atoms in total. The predicted octanol–water partition coefficient (Wildman–Crippen LogP) is 4.11. The molecule has 0 unspecified atom stereocenters. The first-order valence-corrected chi connectivity index (χ1v) is 8.68. The van der Waals surface area contributed by atoms with Crippen molar-refractivity contribution in [1.82, 2.24) is 15.8 Å². The normalized spacial score (nSPS) is 10.9. The fourth-order valence-electron chi connectivity index (χ4n) is 2.66. The fraction of sp³-hybridized carbons (Fsp3) is 0. The Labute approximate surface area is 151 Å². The Hall–Kier alpha value is -2.83. The lowest BCUT2D eigenvalue weighted by Crippen LogP contribution is -2.41. The maximum atomic E-state index is 12.4. The van der Waals surface area contributed by atoms with E-state index in [1.54, 1.807) is 6.20 Å². The van der Waals surface area contributed by atoms with E-state index in [1.807, 2.05) is 48.5 Å². The Morgan fingerprint density at radius 1 is 0.920 bits per heavy atom. The average Bonchev–Trinajstić information content (AvgIpc) is 3.21. The third-order valence-electron chi connectivity index (χ3n) is 3.86. The van der Waals surface area contributed by atoms with Crippen LogP contribution in [0.25, 0.3) is 21.0 Å². The smallest absolute Gasteiger partial charge is 0.281 e. The summed E-state index contributed by atoms with van der Waals surface area (Å²) in [6, 6.07) is 14.9. The van der Waals surface area contributed by atoms with Gasteiger partial charge in [0.15, 0.2) is 0 Å². The van der Waals surface area contributed by atoms with Crippen LogP contribution in [0.4, 0.5) is 0 Å². The summed E-state index contributed by atoms with van der Waals surface area (Å²) >= 11 is 7.56. The standard InChI is InChI=1S/C18H12ClN3O2S/c19-15-11-6-2-4-8-14(11)25-16(15)18(24)22-21-17(23)12-9-20-13-7-3-1-5-10(12)13/h1-9,20H,(H,21,23)(H,22,24). The molecule has 0 aliphatic heterocycles. The van der Waals surface area contributed by atoms with Crippen LogP contribution in [0.1, 0.15) is 20.0 Å². The van der Waals surface area contributed by atoms with Crippen molar-refractivity contribution in [1.29, 1.82) is 0 Å². The molecular formula is C18H12ClN3O2S. The molecule has 4 aromatic rings. The molecule has 4 rings (SSSR count). The Balaban J connectivity index is 1.53. The van der Waals surface area contributed by atoms with E-state index in [-0.39, 0.29) is 0 Å². The molecule has 0 saturated carbocycles. The number of H-pyrrole nitrogens is 1. The summed E-state index contributed by atoms with van der Waals surface area (Å²) in [5, 5.41) is 2.00. The zero-order chi connectivity index (χ0) is 17.4. The van der Waals surface area contributed by atoms with Crippen molar-refractivity contribution in [3.8, 4) is 0 Å². The van der Waals surface area contributed by atoms with Crippen molar-refractivity contribution in [2.75, 3.05) is 0 Å². The molecule has 0 radical (unpaired) electrons. The number of aromatic amines is 1. The number of thiophene rings is 1. The van der Waals surface area contributed by atoms with E-state index in [1.165, 1.54) is 11.3 Å². The lowest BCUT2D eigenvalue weighted by molar-refractivity contribution is 0.0850. The summed E-state index contributed by atoms with van der Waals surface area (Å²) in [4.78, 5) is 28.1. The largest absolute Gasteiger partial charge is 0.360 e. The van der Waals surface area contributed by atoms with Crippen molar-refractivity contribution in [2.24, 2.45) is 0 Å². The molecule has 0 saturated heterocycles. The number of rotatable bonds is 2. The molecule has 0 bridgehead atoms. The van der Waals surface area contributed by atoms with Crippen LogP contribution in [-0.2, 0) is 0 Å². The number of hydrogen-bond donors (Lipinski definition) is 3. The van der Waals surface area contributed by atoms with Gasteiger partial charge >= 0.3 is 0 Å². The number of benzene rings is 2. The van der Waals surface area contributed by atoms with Crippen LogP contribution in [0, 0.1) is 0 Å². The topological polar surface area (TPSA) is 74.0 Å². The summed E-state index contributed by atoms with van der Waals surface area (Å²) in [5.41, 5.74) is 6.17. The fourth-order valence-corrected chi connectivity index (χ4v) is 4.07. The van der Waals surface area contributed by atoms with Gasteiger partial charge in [-0.1, -0.05) is 48.0 Å². The third kappa shape index (κ3) is 2.75. The number of para-hydroxylation sites is 1. The van der Waals surface area contributed by atoms with E-state index < -0.39 is 11.8 Å². The number of hydrazine groups is 1. The molecule has 25 heavy (non-hydrogen) atoms. The highest BCUT2D eigenvalue weighted by Crippen LogP contribution is 2.34. The number of carbonyl (C=O) groups excluding carboxylic acids is 2. The average molecular weight is 370 g/mol. The van der Waals surface area contributed by atoms with Gasteiger partial charge in [0.25, 0.3) is 11.8 Å². The number of amides is 2. The summed E-state index contributed by atoms with van der Waals surface area (Å²) in [5.74, 6) is -0.845. The third-order valence-corrected chi connectivity index (χ3v) is 5.54. The molecule has 0 fully saturated rings. The minimum absolute atomic E-state index is 0.363. The van der Waals surface area contributed by atoms with Crippen molar-refractivity contribution < 1.29 is 9.59 Å². The van der Waals surface area contributed by atoms with Crippen LogP contribution in [-0.4, -0.2) is 16.8 Å². The second-order valence-corrected chi connectivity index (χ2v) is 6.83.